The van der Waals surface area contributed by atoms with Gasteiger partial charge in [0.25, 0.3) is 5.91 Å². The molecule has 6 heteroatoms. The number of aryl methyl sites for hydroxylation is 2. The molecule has 0 aromatic carbocycles. The molecule has 0 unspecified atom stereocenters. The van der Waals surface area contributed by atoms with Gasteiger partial charge in [0, 0.05) is 19.3 Å². The fourth-order valence-corrected chi connectivity index (χ4v) is 2.84. The van der Waals surface area contributed by atoms with Gasteiger partial charge in [-0.2, -0.15) is 5.10 Å². The zero-order valence-electron chi connectivity index (χ0n) is 11.8. The van der Waals surface area contributed by atoms with E-state index in [9.17, 15) is 4.79 Å². The first-order valence-corrected chi connectivity index (χ1v) is 6.52. The third-order valence-corrected chi connectivity index (χ3v) is 4.07. The molecule has 1 aromatic rings. The van der Waals surface area contributed by atoms with E-state index in [2.05, 4.69) is 10.4 Å². The summed E-state index contributed by atoms with van der Waals surface area (Å²) in [4.78, 5) is 12.4. The molecule has 0 atom stereocenters. The number of nitrogens with zero attached hydrogens (tertiary/aromatic N) is 2. The summed E-state index contributed by atoms with van der Waals surface area (Å²) in [6.07, 6.45) is 4.24. The Balaban J connectivity index is 0.00000180. The van der Waals surface area contributed by atoms with E-state index < -0.39 is 0 Å². The lowest BCUT2D eigenvalue weighted by Crippen LogP contribution is -2.51. The first-order valence-electron chi connectivity index (χ1n) is 6.52. The molecule has 19 heavy (non-hydrogen) atoms. The number of aromatic nitrogens is 2. The number of hydrogen-bond acceptors (Lipinski definition) is 3. The van der Waals surface area contributed by atoms with Crippen molar-refractivity contribution in [3.05, 3.63) is 17.0 Å². The first kappa shape index (κ1) is 16.0. The van der Waals surface area contributed by atoms with Crippen molar-refractivity contribution in [2.45, 2.75) is 45.1 Å². The van der Waals surface area contributed by atoms with Crippen molar-refractivity contribution in [2.75, 3.05) is 6.54 Å². The van der Waals surface area contributed by atoms with Gasteiger partial charge in [0.05, 0.1) is 16.8 Å². The van der Waals surface area contributed by atoms with Gasteiger partial charge in [0.1, 0.15) is 0 Å². The molecule has 2 rings (SSSR count). The molecule has 1 heterocycles. The largest absolute Gasteiger partial charge is 0.345 e. The minimum Gasteiger partial charge on any atom is -0.345 e. The van der Waals surface area contributed by atoms with Gasteiger partial charge in [0.15, 0.2) is 0 Å². The summed E-state index contributed by atoms with van der Waals surface area (Å²) in [6.45, 7) is 4.29. The van der Waals surface area contributed by atoms with Crippen LogP contribution in [0.3, 0.4) is 0 Å². The van der Waals surface area contributed by atoms with Crippen LogP contribution < -0.4 is 11.1 Å². The van der Waals surface area contributed by atoms with E-state index in [1.807, 2.05) is 20.9 Å². The summed E-state index contributed by atoms with van der Waals surface area (Å²) in [5.41, 5.74) is 8.00. The second-order valence-corrected chi connectivity index (χ2v) is 5.32. The van der Waals surface area contributed by atoms with E-state index in [-0.39, 0.29) is 23.9 Å². The number of nitrogens with one attached hydrogen (secondary N) is 1. The second kappa shape index (κ2) is 5.92. The van der Waals surface area contributed by atoms with Gasteiger partial charge >= 0.3 is 0 Å². The lowest BCUT2D eigenvalue weighted by atomic mass is 9.97. The van der Waals surface area contributed by atoms with Crippen LogP contribution in [0.15, 0.2) is 0 Å². The van der Waals surface area contributed by atoms with Crippen molar-refractivity contribution >= 4 is 18.3 Å². The molecule has 1 aromatic heterocycles. The quantitative estimate of drug-likeness (QED) is 0.883. The van der Waals surface area contributed by atoms with Crippen molar-refractivity contribution in [1.29, 1.82) is 0 Å². The Morgan fingerprint density at radius 3 is 2.42 bits per heavy atom. The van der Waals surface area contributed by atoms with Crippen LogP contribution in [-0.4, -0.2) is 27.8 Å². The molecule has 108 valence electrons. The van der Waals surface area contributed by atoms with Crippen molar-refractivity contribution < 1.29 is 4.79 Å². The topological polar surface area (TPSA) is 72.9 Å². The van der Waals surface area contributed by atoms with Crippen molar-refractivity contribution in [2.24, 2.45) is 12.8 Å². The molecular formula is C13H23ClN4O. The van der Waals surface area contributed by atoms with E-state index in [1.54, 1.807) is 4.68 Å². The number of halogens is 1. The lowest BCUT2D eigenvalue weighted by molar-refractivity contribution is 0.0901. The van der Waals surface area contributed by atoms with Gasteiger partial charge in [-0.1, -0.05) is 12.8 Å². The Labute approximate surface area is 120 Å². The van der Waals surface area contributed by atoms with Gasteiger partial charge in [-0.15, -0.1) is 12.4 Å². The summed E-state index contributed by atoms with van der Waals surface area (Å²) in [7, 11) is 1.85. The minimum atomic E-state index is -0.203. The van der Waals surface area contributed by atoms with Gasteiger partial charge < -0.3 is 11.1 Å². The fourth-order valence-electron chi connectivity index (χ4n) is 2.84. The van der Waals surface area contributed by atoms with E-state index in [0.29, 0.717) is 12.1 Å². The average molecular weight is 287 g/mol. The average Bonchev–Trinajstić information content (AvgIpc) is 2.86. The normalized spacial score (nSPS) is 17.1. The fraction of sp³-hybridized carbons (Fsp3) is 0.692. The maximum absolute atomic E-state index is 12.4. The molecule has 5 nitrogen and oxygen atoms in total. The summed E-state index contributed by atoms with van der Waals surface area (Å²) < 4.78 is 1.74. The summed E-state index contributed by atoms with van der Waals surface area (Å²) in [6, 6.07) is 0. The molecule has 0 saturated heterocycles. The second-order valence-electron chi connectivity index (χ2n) is 5.32. The van der Waals surface area contributed by atoms with Gasteiger partial charge in [-0.25, -0.2) is 0 Å². The van der Waals surface area contributed by atoms with Crippen LogP contribution in [0.5, 0.6) is 0 Å². The smallest absolute Gasteiger partial charge is 0.255 e. The summed E-state index contributed by atoms with van der Waals surface area (Å²) in [5.74, 6) is -0.0366. The number of carbonyl (C=O) groups excluding carboxylic acids is 1. The Morgan fingerprint density at radius 1 is 1.42 bits per heavy atom. The van der Waals surface area contributed by atoms with Crippen molar-refractivity contribution in [3.63, 3.8) is 0 Å². The van der Waals surface area contributed by atoms with Gasteiger partial charge in [0.2, 0.25) is 0 Å². The first-order chi connectivity index (χ1) is 8.49. The highest BCUT2D eigenvalue weighted by Gasteiger charge is 2.35. The predicted octanol–water partition coefficient (Wildman–Crippen LogP) is 1.46. The zero-order chi connectivity index (χ0) is 13.3. The zero-order valence-corrected chi connectivity index (χ0v) is 12.6. The van der Waals surface area contributed by atoms with Crippen LogP contribution in [0.25, 0.3) is 0 Å². The molecule has 1 aliphatic rings. The highest BCUT2D eigenvalue weighted by atomic mass is 35.5. The maximum Gasteiger partial charge on any atom is 0.255 e. The van der Waals surface area contributed by atoms with E-state index in [4.69, 9.17) is 5.73 Å². The number of carbonyl (C=O) groups is 1. The molecule has 0 aliphatic heterocycles. The lowest BCUT2D eigenvalue weighted by Gasteiger charge is -2.28. The SMILES string of the molecule is Cc1nn(C)c(C)c1C(=O)NC1(CN)CCCC1.Cl. The van der Waals surface area contributed by atoms with Crippen LogP contribution in [-0.2, 0) is 7.05 Å². The number of hydrogen-bond donors (Lipinski definition) is 2. The maximum atomic E-state index is 12.4. The Morgan fingerprint density at radius 2 is 2.00 bits per heavy atom. The van der Waals surface area contributed by atoms with Crippen LogP contribution in [0.1, 0.15) is 47.4 Å². The molecule has 1 aliphatic carbocycles. The van der Waals surface area contributed by atoms with Gasteiger partial charge in [-0.3, -0.25) is 9.48 Å². The number of amides is 1. The van der Waals surface area contributed by atoms with E-state index >= 15 is 0 Å². The molecular weight excluding hydrogens is 264 g/mol. The molecule has 1 saturated carbocycles. The van der Waals surface area contributed by atoms with Crippen molar-refractivity contribution in [3.8, 4) is 0 Å². The van der Waals surface area contributed by atoms with Gasteiger partial charge in [-0.05, 0) is 26.7 Å². The Kier molecular flexibility index (Phi) is 4.98. The van der Waals surface area contributed by atoms with E-state index in [0.717, 1.165) is 37.1 Å². The Bertz CT molecular complexity index is 463. The Hall–Kier alpha value is -1.07. The minimum absolute atomic E-state index is 0. The molecule has 0 spiro atoms. The monoisotopic (exact) mass is 286 g/mol. The standard InChI is InChI=1S/C13H22N4O.ClH/c1-9-11(10(2)17(3)16-9)12(18)15-13(8-14)6-4-5-7-13;/h4-8,14H2,1-3H3,(H,15,18);1H. The third kappa shape index (κ3) is 2.92. The number of rotatable bonds is 3. The van der Waals surface area contributed by atoms with Crippen LogP contribution in [0.2, 0.25) is 0 Å². The third-order valence-electron chi connectivity index (χ3n) is 4.07. The molecule has 3 N–H and O–H groups in total. The molecule has 0 bridgehead atoms. The van der Waals surface area contributed by atoms with E-state index in [1.165, 1.54) is 0 Å². The van der Waals surface area contributed by atoms with Crippen LogP contribution >= 0.6 is 12.4 Å². The molecule has 1 fully saturated rings. The highest BCUT2D eigenvalue weighted by Crippen LogP contribution is 2.29. The van der Waals surface area contributed by atoms with Crippen LogP contribution in [0.4, 0.5) is 0 Å². The molecule has 1 amide bonds. The molecule has 0 radical (unpaired) electrons. The predicted molar refractivity (Wildman–Crippen MR) is 77.6 cm³/mol. The summed E-state index contributed by atoms with van der Waals surface area (Å²) in [5, 5.41) is 7.42. The van der Waals surface area contributed by atoms with Crippen molar-refractivity contribution in [1.82, 2.24) is 15.1 Å². The van der Waals surface area contributed by atoms with Crippen LogP contribution in [0, 0.1) is 13.8 Å². The summed E-state index contributed by atoms with van der Waals surface area (Å²) >= 11 is 0. The number of nitrogens with two attached hydrogens (primary N) is 1. The highest BCUT2D eigenvalue weighted by molar-refractivity contribution is 5.96.